The van der Waals surface area contributed by atoms with Gasteiger partial charge in [0.1, 0.15) is 10.6 Å². The molecule has 4 rings (SSSR count). The van der Waals surface area contributed by atoms with E-state index in [1.165, 1.54) is 16.6 Å². The summed E-state index contributed by atoms with van der Waals surface area (Å²) < 4.78 is 27.7. The number of sulfonamides is 1. The number of rotatable bonds is 5. The highest BCUT2D eigenvalue weighted by Crippen LogP contribution is 2.26. The Morgan fingerprint density at radius 2 is 1.77 bits per heavy atom. The molecule has 3 heterocycles. The number of anilines is 1. The first-order chi connectivity index (χ1) is 14.8. The minimum absolute atomic E-state index is 0.0645. The largest absolute Gasteiger partial charge is 0.356 e. The molecule has 1 unspecified atom stereocenters. The third-order valence-corrected chi connectivity index (χ3v) is 7.83. The van der Waals surface area contributed by atoms with Gasteiger partial charge in [0.05, 0.1) is 5.92 Å². The fraction of sp³-hybridized carbons (Fsp3) is 0.455. The number of H-pyrrole nitrogens is 1. The number of piperidine rings is 1. The average molecular weight is 445 g/mol. The van der Waals surface area contributed by atoms with Crippen molar-refractivity contribution in [3.05, 3.63) is 47.8 Å². The number of hydrogen-bond acceptors (Lipinski definition) is 4. The van der Waals surface area contributed by atoms with Crippen molar-refractivity contribution in [2.45, 2.75) is 37.5 Å². The van der Waals surface area contributed by atoms with E-state index in [0.717, 1.165) is 18.4 Å². The Hall–Kier alpha value is -2.65. The number of aryl methyl sites for hydroxylation is 1. The van der Waals surface area contributed by atoms with Gasteiger partial charge in [-0.1, -0.05) is 17.7 Å². The SMILES string of the molecule is Cc1ccc(NC(=O)C2CCCN(S(=O)(=O)c3c[nH]c(C(=O)N4CCCC4)c3)C2)cc1. The predicted octanol–water partition coefficient (Wildman–Crippen LogP) is 2.60. The zero-order valence-corrected chi connectivity index (χ0v) is 18.5. The molecule has 31 heavy (non-hydrogen) atoms. The summed E-state index contributed by atoms with van der Waals surface area (Å²) in [5.41, 5.74) is 2.08. The first kappa shape index (κ1) is 21.6. The zero-order chi connectivity index (χ0) is 22.0. The van der Waals surface area contributed by atoms with Gasteiger partial charge in [0.15, 0.2) is 0 Å². The van der Waals surface area contributed by atoms with E-state index in [4.69, 9.17) is 0 Å². The molecule has 2 aromatic rings. The van der Waals surface area contributed by atoms with Crippen molar-refractivity contribution in [3.63, 3.8) is 0 Å². The lowest BCUT2D eigenvalue weighted by atomic mass is 9.98. The normalized spacial score (nSPS) is 20.0. The van der Waals surface area contributed by atoms with Crippen molar-refractivity contribution in [3.8, 4) is 0 Å². The molecular weight excluding hydrogens is 416 g/mol. The summed E-state index contributed by atoms with van der Waals surface area (Å²) in [6.07, 6.45) is 4.55. The highest BCUT2D eigenvalue weighted by Gasteiger charge is 2.34. The van der Waals surface area contributed by atoms with Crippen LogP contribution in [0.1, 0.15) is 41.7 Å². The molecule has 2 aliphatic heterocycles. The summed E-state index contributed by atoms with van der Waals surface area (Å²) in [7, 11) is -3.79. The fourth-order valence-electron chi connectivity index (χ4n) is 4.14. The topological polar surface area (TPSA) is 103 Å². The van der Waals surface area contributed by atoms with Crippen LogP contribution in [0.3, 0.4) is 0 Å². The van der Waals surface area contributed by atoms with Crippen LogP contribution in [0.15, 0.2) is 41.4 Å². The maximum Gasteiger partial charge on any atom is 0.270 e. The smallest absolute Gasteiger partial charge is 0.270 e. The van der Waals surface area contributed by atoms with Crippen LogP contribution in [0.2, 0.25) is 0 Å². The van der Waals surface area contributed by atoms with Gasteiger partial charge in [-0.15, -0.1) is 0 Å². The summed E-state index contributed by atoms with van der Waals surface area (Å²) >= 11 is 0. The third kappa shape index (κ3) is 4.67. The number of likely N-dealkylation sites (tertiary alicyclic amines) is 1. The number of amides is 2. The van der Waals surface area contributed by atoms with Crippen molar-refractivity contribution in [2.75, 3.05) is 31.5 Å². The van der Waals surface area contributed by atoms with Crippen molar-refractivity contribution in [2.24, 2.45) is 5.92 Å². The van der Waals surface area contributed by atoms with Gasteiger partial charge in [-0.3, -0.25) is 9.59 Å². The number of hydrogen-bond donors (Lipinski definition) is 2. The lowest BCUT2D eigenvalue weighted by Crippen LogP contribution is -2.43. The minimum atomic E-state index is -3.79. The van der Waals surface area contributed by atoms with Gasteiger partial charge < -0.3 is 15.2 Å². The van der Waals surface area contributed by atoms with Crippen LogP contribution in [0, 0.1) is 12.8 Å². The second-order valence-corrected chi connectivity index (χ2v) is 10.2. The maximum absolute atomic E-state index is 13.2. The van der Waals surface area contributed by atoms with E-state index in [1.54, 1.807) is 4.90 Å². The summed E-state index contributed by atoms with van der Waals surface area (Å²) in [5, 5.41) is 2.88. The number of aromatic amines is 1. The summed E-state index contributed by atoms with van der Waals surface area (Å²) in [4.78, 5) is 29.9. The lowest BCUT2D eigenvalue weighted by Gasteiger charge is -2.31. The Bertz CT molecular complexity index is 1060. The molecule has 2 N–H and O–H groups in total. The van der Waals surface area contributed by atoms with Crippen LogP contribution in [0.4, 0.5) is 5.69 Å². The van der Waals surface area contributed by atoms with Crippen molar-refractivity contribution in [1.29, 1.82) is 0 Å². The van der Waals surface area contributed by atoms with Gasteiger partial charge in [0.2, 0.25) is 15.9 Å². The highest BCUT2D eigenvalue weighted by atomic mass is 32.2. The highest BCUT2D eigenvalue weighted by molar-refractivity contribution is 7.89. The number of nitrogens with one attached hydrogen (secondary N) is 2. The molecular formula is C22H28N4O4S. The first-order valence-corrected chi connectivity index (χ1v) is 12.1. The third-order valence-electron chi connectivity index (χ3n) is 5.99. The molecule has 0 saturated carbocycles. The number of aromatic nitrogens is 1. The van der Waals surface area contributed by atoms with Crippen molar-refractivity contribution in [1.82, 2.24) is 14.2 Å². The molecule has 2 saturated heterocycles. The van der Waals surface area contributed by atoms with Crippen LogP contribution in [0.25, 0.3) is 0 Å². The zero-order valence-electron chi connectivity index (χ0n) is 17.6. The van der Waals surface area contributed by atoms with Gasteiger partial charge in [0, 0.05) is 38.1 Å². The van der Waals surface area contributed by atoms with E-state index in [0.29, 0.717) is 38.2 Å². The number of carbonyl (C=O) groups is 2. The molecule has 0 aliphatic carbocycles. The molecule has 1 aromatic heterocycles. The average Bonchev–Trinajstić information content (AvgIpc) is 3.48. The molecule has 1 aromatic carbocycles. The van der Waals surface area contributed by atoms with Gasteiger partial charge in [-0.25, -0.2) is 8.42 Å². The molecule has 8 nitrogen and oxygen atoms in total. The summed E-state index contributed by atoms with van der Waals surface area (Å²) in [5.74, 6) is -0.773. The molecule has 166 valence electrons. The maximum atomic E-state index is 13.2. The molecule has 0 bridgehead atoms. The molecule has 2 aliphatic rings. The Morgan fingerprint density at radius 3 is 2.48 bits per heavy atom. The monoisotopic (exact) mass is 444 g/mol. The predicted molar refractivity (Wildman–Crippen MR) is 117 cm³/mol. The van der Waals surface area contributed by atoms with E-state index in [1.807, 2.05) is 31.2 Å². The lowest BCUT2D eigenvalue weighted by molar-refractivity contribution is -0.120. The molecule has 2 fully saturated rings. The van der Waals surface area contributed by atoms with Crippen LogP contribution in [0.5, 0.6) is 0 Å². The van der Waals surface area contributed by atoms with Crippen LogP contribution in [-0.2, 0) is 14.8 Å². The molecule has 0 radical (unpaired) electrons. The van der Waals surface area contributed by atoms with E-state index in [-0.39, 0.29) is 28.9 Å². The fourth-order valence-corrected chi connectivity index (χ4v) is 5.66. The molecule has 2 amide bonds. The Morgan fingerprint density at radius 1 is 1.06 bits per heavy atom. The van der Waals surface area contributed by atoms with Gasteiger partial charge in [-0.05, 0) is 50.8 Å². The van der Waals surface area contributed by atoms with Gasteiger partial charge >= 0.3 is 0 Å². The Labute approximate surface area is 182 Å². The standard InChI is InChI=1S/C22H28N4O4S/c1-16-6-8-18(9-7-16)24-21(27)17-5-4-12-26(15-17)31(29,30)19-13-20(23-14-19)22(28)25-10-2-3-11-25/h6-9,13-14,17,23H,2-5,10-12,15H2,1H3,(H,24,27). The Balaban J connectivity index is 1.44. The van der Waals surface area contributed by atoms with Crippen LogP contribution < -0.4 is 5.32 Å². The van der Waals surface area contributed by atoms with Crippen LogP contribution in [-0.4, -0.2) is 60.6 Å². The molecule has 9 heteroatoms. The molecule has 1 atom stereocenters. The first-order valence-electron chi connectivity index (χ1n) is 10.7. The van der Waals surface area contributed by atoms with Crippen LogP contribution >= 0.6 is 0 Å². The summed E-state index contributed by atoms with van der Waals surface area (Å²) in [6, 6.07) is 8.92. The summed E-state index contributed by atoms with van der Waals surface area (Å²) in [6.45, 7) is 3.85. The number of nitrogens with zero attached hydrogens (tertiary/aromatic N) is 2. The number of benzene rings is 1. The second-order valence-electron chi connectivity index (χ2n) is 8.31. The van der Waals surface area contributed by atoms with Gasteiger partial charge in [0.25, 0.3) is 5.91 Å². The quantitative estimate of drug-likeness (QED) is 0.740. The van der Waals surface area contributed by atoms with E-state index in [9.17, 15) is 18.0 Å². The van der Waals surface area contributed by atoms with Crippen molar-refractivity contribution < 1.29 is 18.0 Å². The second kappa shape index (κ2) is 8.84. The van der Waals surface area contributed by atoms with E-state index < -0.39 is 15.9 Å². The van der Waals surface area contributed by atoms with E-state index in [2.05, 4.69) is 10.3 Å². The number of carbonyl (C=O) groups excluding carboxylic acids is 2. The van der Waals surface area contributed by atoms with Gasteiger partial charge in [-0.2, -0.15) is 4.31 Å². The van der Waals surface area contributed by atoms with Crippen molar-refractivity contribution >= 4 is 27.5 Å². The molecule has 0 spiro atoms. The van der Waals surface area contributed by atoms with E-state index >= 15 is 0 Å². The minimum Gasteiger partial charge on any atom is -0.356 e. The Kier molecular flexibility index (Phi) is 6.15.